The van der Waals surface area contributed by atoms with Crippen LogP contribution >= 0.6 is 0 Å². The standard InChI is InChI=1S/C31H30NO2Si.C13H12N.Ir/c1-19-18-32-25(16-20(19)17-31(2,3)4)23-12-9-11-22-21-14-15-27-28(24-10-7-8-13-26(24)33-27)29(21)34-35(5,6)30(22)23;1-10-3-6-12(7-4-10)13-8-5-11(2)9-14-13;/h7-11,13-16,18H,17H2,1-6H3;3-6,8-9H,1-2H3;/q2*-1;/i1D3,17D2;1D3,2D3;. The molecule has 50 heavy (non-hydrogen) atoms. The van der Waals surface area contributed by atoms with E-state index in [-0.39, 0.29) is 42.4 Å². The Morgan fingerprint density at radius 1 is 0.820 bits per heavy atom. The SMILES string of the molecule is [2H]C([2H])([2H])c1c[c-]c(-c2ccc(C([2H])([2H])[2H])cn2)cc1.[2H]C([2H])([2H])c1cnc(-c2[c-]ccc3c2[Si](C)(C)Oc2c-3ccc3oc4ccccc4c23)cc1C([2H])([2H])C(C)(C)C.[Ir]. The van der Waals surface area contributed by atoms with Crippen molar-refractivity contribution in [3.8, 4) is 39.4 Å². The van der Waals surface area contributed by atoms with Gasteiger partial charge in [-0.3, -0.25) is 0 Å². The number of aromatic nitrogens is 2. The Kier molecular flexibility index (Phi) is 6.58. The van der Waals surface area contributed by atoms with Crippen molar-refractivity contribution in [2.24, 2.45) is 5.41 Å². The van der Waals surface area contributed by atoms with Gasteiger partial charge in [0.25, 0.3) is 0 Å². The maximum absolute atomic E-state index is 8.94. The third kappa shape index (κ3) is 6.98. The predicted octanol–water partition coefficient (Wildman–Crippen LogP) is 11.0. The maximum atomic E-state index is 8.94. The van der Waals surface area contributed by atoms with Crippen molar-refractivity contribution in [1.29, 1.82) is 0 Å². The molecular formula is C44H42IrN2O2Si-2. The fraction of sp³-hybridized carbons (Fsp3) is 0.227. The van der Waals surface area contributed by atoms with E-state index in [1.165, 1.54) is 30.6 Å². The van der Waals surface area contributed by atoms with Gasteiger partial charge in [-0.05, 0) is 79.3 Å². The van der Waals surface area contributed by atoms with Gasteiger partial charge in [0.15, 0.2) is 0 Å². The van der Waals surface area contributed by atoms with E-state index in [4.69, 9.17) is 23.9 Å². The van der Waals surface area contributed by atoms with Crippen molar-refractivity contribution in [2.45, 2.75) is 60.8 Å². The predicted molar refractivity (Wildman–Crippen MR) is 205 cm³/mol. The number of hydrogen-bond donors (Lipinski definition) is 0. The summed E-state index contributed by atoms with van der Waals surface area (Å²) in [5.41, 5.74) is 5.48. The molecule has 255 valence electrons. The smallest absolute Gasteiger partial charge is 0.231 e. The first-order chi connectivity index (χ1) is 27.8. The van der Waals surface area contributed by atoms with E-state index in [0.717, 1.165) is 44.0 Å². The van der Waals surface area contributed by atoms with Crippen LogP contribution in [0.2, 0.25) is 13.1 Å². The van der Waals surface area contributed by atoms with Crippen LogP contribution in [0.5, 0.6) is 5.75 Å². The van der Waals surface area contributed by atoms with Crippen LogP contribution in [-0.4, -0.2) is 18.3 Å². The van der Waals surface area contributed by atoms with E-state index in [2.05, 4.69) is 35.2 Å². The number of rotatable bonds is 3. The molecule has 7 aromatic rings. The van der Waals surface area contributed by atoms with Crippen molar-refractivity contribution in [3.63, 3.8) is 0 Å². The van der Waals surface area contributed by atoms with E-state index >= 15 is 0 Å². The second-order valence-electron chi connectivity index (χ2n) is 13.6. The summed E-state index contributed by atoms with van der Waals surface area (Å²) in [5, 5.41) is 2.95. The van der Waals surface area contributed by atoms with E-state index < -0.39 is 40.7 Å². The van der Waals surface area contributed by atoms with Gasteiger partial charge in [0.05, 0.1) is 5.39 Å². The Morgan fingerprint density at radius 3 is 2.34 bits per heavy atom. The summed E-state index contributed by atoms with van der Waals surface area (Å²) in [6, 6.07) is 31.2. The quantitative estimate of drug-likeness (QED) is 0.131. The van der Waals surface area contributed by atoms with E-state index in [1.807, 2.05) is 48.5 Å². The first-order valence-corrected chi connectivity index (χ1v) is 18.9. The number of hydrogen-bond acceptors (Lipinski definition) is 4. The Morgan fingerprint density at radius 2 is 1.62 bits per heavy atom. The molecule has 0 spiro atoms. The van der Waals surface area contributed by atoms with E-state index in [9.17, 15) is 0 Å². The van der Waals surface area contributed by atoms with Crippen molar-refractivity contribution >= 4 is 35.4 Å². The van der Waals surface area contributed by atoms with Gasteiger partial charge in [-0.1, -0.05) is 80.3 Å². The summed E-state index contributed by atoms with van der Waals surface area (Å²) in [6.07, 6.45) is 0.683. The average molecular weight is 862 g/mol. The molecule has 0 N–H and O–H groups in total. The number of furan rings is 1. The molecule has 0 bridgehead atoms. The molecule has 0 saturated carbocycles. The minimum absolute atomic E-state index is 0. The minimum atomic E-state index is -2.64. The minimum Gasteiger partial charge on any atom is -0.547 e. The van der Waals surface area contributed by atoms with Gasteiger partial charge in [0, 0.05) is 58.5 Å². The monoisotopic (exact) mass is 862 g/mol. The Bertz CT molecular complexity index is 2680. The molecule has 6 heteroatoms. The zero-order valence-electron chi connectivity index (χ0n) is 39.3. The fourth-order valence-corrected chi connectivity index (χ4v) is 8.69. The molecule has 0 atom stereocenters. The average Bonchev–Trinajstić information content (AvgIpc) is 3.56. The number of para-hydroxylation sites is 1. The van der Waals surface area contributed by atoms with Crippen LogP contribution in [0, 0.1) is 38.1 Å². The van der Waals surface area contributed by atoms with Crippen LogP contribution in [0.3, 0.4) is 0 Å². The normalized spacial score (nSPS) is 17.3. The summed E-state index contributed by atoms with van der Waals surface area (Å²) < 4.78 is 98.8. The van der Waals surface area contributed by atoms with Crippen molar-refractivity contribution in [2.75, 3.05) is 0 Å². The maximum Gasteiger partial charge on any atom is 0.231 e. The van der Waals surface area contributed by atoms with Crippen LogP contribution in [0.15, 0.2) is 102 Å². The largest absolute Gasteiger partial charge is 0.547 e. The van der Waals surface area contributed by atoms with Gasteiger partial charge in [0.1, 0.15) is 16.9 Å². The second-order valence-corrected chi connectivity index (χ2v) is 17.3. The number of pyridine rings is 2. The molecule has 1 radical (unpaired) electrons. The fourth-order valence-electron chi connectivity index (χ4n) is 6.20. The van der Waals surface area contributed by atoms with E-state index in [1.54, 1.807) is 39.0 Å². The summed E-state index contributed by atoms with van der Waals surface area (Å²) in [6.45, 7) is 2.72. The zero-order chi connectivity index (χ0) is 43.8. The van der Waals surface area contributed by atoms with Crippen molar-refractivity contribution < 1.29 is 44.0 Å². The molecule has 1 aliphatic rings. The Labute approximate surface area is 325 Å². The van der Waals surface area contributed by atoms with Crippen molar-refractivity contribution in [3.05, 3.63) is 132 Å². The molecule has 0 unspecified atom stereocenters. The van der Waals surface area contributed by atoms with Gasteiger partial charge in [0.2, 0.25) is 8.32 Å². The molecule has 0 saturated heterocycles. The van der Waals surface area contributed by atoms with Crippen LogP contribution in [-0.2, 0) is 26.5 Å². The van der Waals surface area contributed by atoms with Gasteiger partial charge in [-0.25, -0.2) is 0 Å². The van der Waals surface area contributed by atoms with Gasteiger partial charge in [-0.15, -0.1) is 59.2 Å². The van der Waals surface area contributed by atoms with Gasteiger partial charge < -0.3 is 18.8 Å². The van der Waals surface area contributed by atoms with Crippen LogP contribution in [0.1, 0.15) is 58.1 Å². The molecule has 4 aromatic carbocycles. The molecule has 3 aromatic heterocycles. The van der Waals surface area contributed by atoms with Gasteiger partial charge >= 0.3 is 0 Å². The number of fused-ring (bicyclic) bond motifs is 7. The van der Waals surface area contributed by atoms with Crippen LogP contribution < -0.4 is 9.61 Å². The van der Waals surface area contributed by atoms with E-state index in [0.29, 0.717) is 22.5 Å². The molecule has 0 aliphatic carbocycles. The third-order valence-corrected chi connectivity index (χ3v) is 10.7. The molecule has 1 aliphatic heterocycles. The number of aryl methyl sites for hydroxylation is 3. The molecule has 8 rings (SSSR count). The van der Waals surface area contributed by atoms with Crippen LogP contribution in [0.25, 0.3) is 55.6 Å². The molecule has 0 amide bonds. The molecule has 4 heterocycles. The number of nitrogens with zero attached hydrogens (tertiary/aromatic N) is 2. The summed E-state index contributed by atoms with van der Waals surface area (Å²) in [7, 11) is -2.64. The molecule has 4 nitrogen and oxygen atoms in total. The summed E-state index contributed by atoms with van der Waals surface area (Å²) in [5.74, 6) is 0.805. The first-order valence-electron chi connectivity index (χ1n) is 21.5. The summed E-state index contributed by atoms with van der Waals surface area (Å²) >= 11 is 0. The topological polar surface area (TPSA) is 48.2 Å². The third-order valence-electron chi connectivity index (χ3n) is 8.26. The van der Waals surface area contributed by atoms with Crippen LogP contribution in [0.4, 0.5) is 0 Å². The number of benzene rings is 4. The van der Waals surface area contributed by atoms with Gasteiger partial charge in [-0.2, -0.15) is 0 Å². The zero-order valence-corrected chi connectivity index (χ0v) is 31.7. The summed E-state index contributed by atoms with van der Waals surface area (Å²) in [4.78, 5) is 8.65. The Hall–Kier alpha value is -4.35. The molecule has 0 fully saturated rings. The molecular weight excluding hydrogens is 809 g/mol. The Balaban J connectivity index is 0.000000250. The second kappa shape index (κ2) is 13.8. The van der Waals surface area contributed by atoms with Crippen molar-refractivity contribution in [1.82, 2.24) is 9.97 Å². The first kappa shape index (κ1) is 23.9.